The van der Waals surface area contributed by atoms with Crippen molar-refractivity contribution >= 4 is 10.0 Å². The Bertz CT molecular complexity index is 577. The number of methoxy groups -OCH3 is 1. The first-order valence-corrected chi connectivity index (χ1v) is 9.63. The predicted molar refractivity (Wildman–Crippen MR) is 88.4 cm³/mol. The molecule has 2 heterocycles. The third kappa shape index (κ3) is 5.27. The summed E-state index contributed by atoms with van der Waals surface area (Å²) in [6.07, 6.45) is 3.55. The zero-order valence-electron chi connectivity index (χ0n) is 14.2. The summed E-state index contributed by atoms with van der Waals surface area (Å²) in [5.41, 5.74) is 0. The maximum absolute atomic E-state index is 12.3. The Morgan fingerprint density at radius 2 is 2.04 bits per heavy atom. The minimum atomic E-state index is -3.54. The molecule has 0 spiro atoms. The van der Waals surface area contributed by atoms with Crippen LogP contribution in [0.4, 0.5) is 0 Å². The highest BCUT2D eigenvalue weighted by molar-refractivity contribution is 7.89. The summed E-state index contributed by atoms with van der Waals surface area (Å²) in [6, 6.07) is 1.48. The molecule has 1 aromatic heterocycles. The van der Waals surface area contributed by atoms with E-state index in [2.05, 4.69) is 28.6 Å². The van der Waals surface area contributed by atoms with Gasteiger partial charge < -0.3 is 9.64 Å². The molecule has 1 aliphatic heterocycles. The van der Waals surface area contributed by atoms with E-state index >= 15 is 0 Å². The lowest BCUT2D eigenvalue weighted by Gasteiger charge is -2.34. The Labute approximate surface area is 139 Å². The number of rotatable bonds is 8. The van der Waals surface area contributed by atoms with E-state index in [4.69, 9.17) is 4.74 Å². The number of likely N-dealkylation sites (tertiary alicyclic amines) is 1. The smallest absolute Gasteiger partial charge is 0.257 e. The van der Waals surface area contributed by atoms with Crippen molar-refractivity contribution in [2.75, 3.05) is 33.3 Å². The first-order valence-electron chi connectivity index (χ1n) is 8.15. The molecule has 0 aromatic carbocycles. The molecule has 0 radical (unpaired) electrons. The molecule has 2 rings (SSSR count). The Kier molecular flexibility index (Phi) is 6.58. The van der Waals surface area contributed by atoms with E-state index in [-0.39, 0.29) is 11.8 Å². The lowest BCUT2D eigenvalue weighted by Crippen LogP contribution is -2.40. The SMILES string of the molecule is COCn1nccc1S(=O)(=O)NCCCN1CC(C)CC(C)C1. The van der Waals surface area contributed by atoms with Gasteiger partial charge in [0.05, 0.1) is 6.20 Å². The van der Waals surface area contributed by atoms with Gasteiger partial charge in [-0.1, -0.05) is 13.8 Å². The van der Waals surface area contributed by atoms with Crippen LogP contribution in [0, 0.1) is 11.8 Å². The van der Waals surface area contributed by atoms with E-state index in [1.807, 2.05) is 0 Å². The summed E-state index contributed by atoms with van der Waals surface area (Å²) in [5.74, 6) is 1.44. The van der Waals surface area contributed by atoms with Crippen LogP contribution in [0.1, 0.15) is 26.7 Å². The molecule has 0 aliphatic carbocycles. The Morgan fingerprint density at radius 1 is 1.35 bits per heavy atom. The predicted octanol–water partition coefficient (Wildman–Crippen LogP) is 1.13. The van der Waals surface area contributed by atoms with Crippen LogP contribution >= 0.6 is 0 Å². The quantitative estimate of drug-likeness (QED) is 0.716. The van der Waals surface area contributed by atoms with Crippen molar-refractivity contribution in [3.05, 3.63) is 12.3 Å². The molecule has 23 heavy (non-hydrogen) atoms. The normalized spacial score (nSPS) is 23.3. The molecule has 132 valence electrons. The molecule has 0 saturated carbocycles. The summed E-state index contributed by atoms with van der Waals surface area (Å²) in [5, 5.41) is 4.09. The second kappa shape index (κ2) is 8.23. The van der Waals surface area contributed by atoms with Crippen LogP contribution in [0.3, 0.4) is 0 Å². The number of ether oxygens (including phenoxy) is 1. The van der Waals surface area contributed by atoms with E-state index in [0.29, 0.717) is 6.54 Å². The van der Waals surface area contributed by atoms with Gasteiger partial charge in [-0.15, -0.1) is 0 Å². The zero-order chi connectivity index (χ0) is 16.9. The maximum atomic E-state index is 12.3. The molecule has 8 heteroatoms. The lowest BCUT2D eigenvalue weighted by atomic mass is 9.92. The molecule has 1 aliphatic rings. The fourth-order valence-electron chi connectivity index (χ4n) is 3.33. The largest absolute Gasteiger partial charge is 0.362 e. The van der Waals surface area contributed by atoms with E-state index in [1.54, 1.807) is 0 Å². The van der Waals surface area contributed by atoms with Gasteiger partial charge in [0.15, 0.2) is 5.03 Å². The van der Waals surface area contributed by atoms with E-state index in [9.17, 15) is 8.42 Å². The van der Waals surface area contributed by atoms with Gasteiger partial charge in [0.2, 0.25) is 0 Å². The monoisotopic (exact) mass is 344 g/mol. The van der Waals surface area contributed by atoms with Crippen molar-refractivity contribution in [2.24, 2.45) is 11.8 Å². The Balaban J connectivity index is 1.80. The van der Waals surface area contributed by atoms with Crippen LogP contribution in [0.2, 0.25) is 0 Å². The van der Waals surface area contributed by atoms with Crippen molar-refractivity contribution in [1.29, 1.82) is 0 Å². The van der Waals surface area contributed by atoms with E-state index in [0.717, 1.165) is 37.9 Å². The third-order valence-corrected chi connectivity index (χ3v) is 5.57. The first-order chi connectivity index (χ1) is 10.9. The molecule has 1 aromatic rings. The van der Waals surface area contributed by atoms with Gasteiger partial charge in [0.1, 0.15) is 6.73 Å². The van der Waals surface area contributed by atoms with Crippen LogP contribution in [-0.4, -0.2) is 56.4 Å². The molecular formula is C15H28N4O3S. The summed E-state index contributed by atoms with van der Waals surface area (Å²) < 4.78 is 33.5. The number of aromatic nitrogens is 2. The van der Waals surface area contributed by atoms with Crippen LogP contribution in [0.25, 0.3) is 0 Å². The van der Waals surface area contributed by atoms with Crippen LogP contribution < -0.4 is 4.72 Å². The van der Waals surface area contributed by atoms with Gasteiger partial charge in [0.25, 0.3) is 10.0 Å². The number of hydrogen-bond donors (Lipinski definition) is 1. The molecule has 1 fully saturated rings. The molecule has 2 unspecified atom stereocenters. The van der Waals surface area contributed by atoms with Crippen molar-refractivity contribution in [2.45, 2.75) is 38.4 Å². The third-order valence-electron chi connectivity index (χ3n) is 4.09. The van der Waals surface area contributed by atoms with Crippen LogP contribution in [-0.2, 0) is 21.5 Å². The fraction of sp³-hybridized carbons (Fsp3) is 0.800. The molecule has 7 nitrogen and oxygen atoms in total. The number of hydrogen-bond acceptors (Lipinski definition) is 5. The highest BCUT2D eigenvalue weighted by atomic mass is 32.2. The topological polar surface area (TPSA) is 76.5 Å². The minimum Gasteiger partial charge on any atom is -0.362 e. The Hall–Kier alpha value is -0.960. The maximum Gasteiger partial charge on any atom is 0.257 e. The highest BCUT2D eigenvalue weighted by Gasteiger charge is 2.22. The summed E-state index contributed by atoms with van der Waals surface area (Å²) in [4.78, 5) is 2.43. The lowest BCUT2D eigenvalue weighted by molar-refractivity contribution is 0.112. The minimum absolute atomic E-state index is 0.118. The van der Waals surface area contributed by atoms with Crippen molar-refractivity contribution in [1.82, 2.24) is 19.4 Å². The van der Waals surface area contributed by atoms with Crippen molar-refractivity contribution in [3.63, 3.8) is 0 Å². The van der Waals surface area contributed by atoms with Crippen LogP contribution in [0.15, 0.2) is 17.3 Å². The molecule has 0 bridgehead atoms. The van der Waals surface area contributed by atoms with E-state index < -0.39 is 10.0 Å². The van der Waals surface area contributed by atoms with Crippen molar-refractivity contribution < 1.29 is 13.2 Å². The number of nitrogens with one attached hydrogen (secondary N) is 1. The van der Waals surface area contributed by atoms with Gasteiger partial charge in [-0.05, 0) is 37.3 Å². The molecule has 2 atom stereocenters. The number of sulfonamides is 1. The van der Waals surface area contributed by atoms with Crippen LogP contribution in [0.5, 0.6) is 0 Å². The van der Waals surface area contributed by atoms with Gasteiger partial charge >= 0.3 is 0 Å². The second-order valence-electron chi connectivity index (χ2n) is 6.54. The fourth-order valence-corrected chi connectivity index (χ4v) is 4.50. The average molecular weight is 344 g/mol. The van der Waals surface area contributed by atoms with Crippen molar-refractivity contribution in [3.8, 4) is 0 Å². The van der Waals surface area contributed by atoms with E-state index in [1.165, 1.54) is 30.5 Å². The average Bonchev–Trinajstić information content (AvgIpc) is 2.92. The first kappa shape index (κ1) is 18.4. The molecule has 0 amide bonds. The summed E-state index contributed by atoms with van der Waals surface area (Å²) in [6.45, 7) is 8.25. The summed E-state index contributed by atoms with van der Waals surface area (Å²) >= 11 is 0. The van der Waals surface area contributed by atoms with Gasteiger partial charge in [-0.2, -0.15) is 5.10 Å². The highest BCUT2D eigenvalue weighted by Crippen LogP contribution is 2.20. The van der Waals surface area contributed by atoms with Gasteiger partial charge in [-0.3, -0.25) is 0 Å². The molecule has 1 saturated heterocycles. The zero-order valence-corrected chi connectivity index (χ0v) is 15.1. The number of nitrogens with zero attached hydrogens (tertiary/aromatic N) is 3. The van der Waals surface area contributed by atoms with Gasteiger partial charge in [-0.25, -0.2) is 17.8 Å². The standard InChI is InChI=1S/C15H28N4O3S/c1-13-9-14(2)11-18(10-13)8-4-6-17-23(20,21)15-5-7-16-19(15)12-22-3/h5,7,13-14,17H,4,6,8-12H2,1-3H3. The van der Waals surface area contributed by atoms with Gasteiger partial charge in [0, 0.05) is 26.7 Å². The molecular weight excluding hydrogens is 316 g/mol. The Morgan fingerprint density at radius 3 is 2.70 bits per heavy atom. The number of piperidine rings is 1. The second-order valence-corrected chi connectivity index (χ2v) is 8.26. The molecule has 1 N–H and O–H groups in total. The summed E-state index contributed by atoms with van der Waals surface area (Å²) in [7, 11) is -2.04.